The van der Waals surface area contributed by atoms with Crippen LogP contribution in [0.5, 0.6) is 0 Å². The van der Waals surface area contributed by atoms with E-state index in [1.54, 1.807) is 7.11 Å². The standard InChI is InChI=1S/C15H24BrNOS/c1-15(2,3)17-11-12-6-7-13(10-14(12)16)19-9-5-8-18-4/h6-7,10,17H,5,8-9,11H2,1-4H3. The molecule has 2 nitrogen and oxygen atoms in total. The first-order chi connectivity index (χ1) is 8.92. The van der Waals surface area contributed by atoms with Gasteiger partial charge < -0.3 is 10.1 Å². The molecular weight excluding hydrogens is 322 g/mol. The number of nitrogens with one attached hydrogen (secondary N) is 1. The van der Waals surface area contributed by atoms with Crippen LogP contribution in [0.1, 0.15) is 32.8 Å². The molecule has 0 spiro atoms. The van der Waals surface area contributed by atoms with Crippen LogP contribution in [-0.4, -0.2) is 25.0 Å². The molecule has 0 aliphatic carbocycles. The predicted octanol–water partition coefficient (Wildman–Crippen LogP) is 4.47. The zero-order chi connectivity index (χ0) is 14.3. The molecule has 108 valence electrons. The summed E-state index contributed by atoms with van der Waals surface area (Å²) < 4.78 is 6.24. The van der Waals surface area contributed by atoms with Crippen molar-refractivity contribution in [2.24, 2.45) is 0 Å². The highest BCUT2D eigenvalue weighted by Crippen LogP contribution is 2.26. The van der Waals surface area contributed by atoms with Crippen molar-refractivity contribution in [2.45, 2.75) is 44.2 Å². The quantitative estimate of drug-likeness (QED) is 0.582. The van der Waals surface area contributed by atoms with E-state index in [0.717, 1.165) is 25.3 Å². The van der Waals surface area contributed by atoms with E-state index in [2.05, 4.69) is 60.2 Å². The van der Waals surface area contributed by atoms with Crippen molar-refractivity contribution in [2.75, 3.05) is 19.5 Å². The van der Waals surface area contributed by atoms with Gasteiger partial charge in [-0.05, 0) is 44.9 Å². The smallest absolute Gasteiger partial charge is 0.0470 e. The summed E-state index contributed by atoms with van der Waals surface area (Å²) in [5.41, 5.74) is 1.45. The molecule has 1 aromatic carbocycles. The molecule has 0 unspecified atom stereocenters. The van der Waals surface area contributed by atoms with Crippen LogP contribution in [0.25, 0.3) is 0 Å². The summed E-state index contributed by atoms with van der Waals surface area (Å²) in [5, 5.41) is 3.51. The second-order valence-electron chi connectivity index (χ2n) is 5.55. The van der Waals surface area contributed by atoms with E-state index in [-0.39, 0.29) is 5.54 Å². The maximum atomic E-state index is 5.06. The lowest BCUT2D eigenvalue weighted by Crippen LogP contribution is -2.35. The Morgan fingerprint density at radius 3 is 2.63 bits per heavy atom. The van der Waals surface area contributed by atoms with Gasteiger partial charge >= 0.3 is 0 Å². The maximum absolute atomic E-state index is 5.06. The molecule has 0 saturated heterocycles. The lowest BCUT2D eigenvalue weighted by Gasteiger charge is -2.21. The average molecular weight is 346 g/mol. The summed E-state index contributed by atoms with van der Waals surface area (Å²) in [6.07, 6.45) is 1.09. The van der Waals surface area contributed by atoms with Gasteiger partial charge in [0.15, 0.2) is 0 Å². The number of ether oxygens (including phenoxy) is 1. The van der Waals surface area contributed by atoms with Gasteiger partial charge in [-0.15, -0.1) is 11.8 Å². The largest absolute Gasteiger partial charge is 0.385 e. The molecule has 19 heavy (non-hydrogen) atoms. The van der Waals surface area contributed by atoms with Crippen molar-refractivity contribution in [3.63, 3.8) is 0 Å². The summed E-state index contributed by atoms with van der Waals surface area (Å²) in [6.45, 7) is 8.27. The minimum atomic E-state index is 0.146. The minimum absolute atomic E-state index is 0.146. The summed E-state index contributed by atoms with van der Waals surface area (Å²) in [7, 11) is 1.75. The van der Waals surface area contributed by atoms with Crippen molar-refractivity contribution in [3.05, 3.63) is 28.2 Å². The van der Waals surface area contributed by atoms with Crippen LogP contribution >= 0.6 is 27.7 Å². The molecule has 0 aliphatic heterocycles. The molecule has 0 fully saturated rings. The monoisotopic (exact) mass is 345 g/mol. The highest BCUT2D eigenvalue weighted by atomic mass is 79.9. The summed E-state index contributed by atoms with van der Waals surface area (Å²) in [4.78, 5) is 1.31. The van der Waals surface area contributed by atoms with Gasteiger partial charge in [0, 0.05) is 40.9 Å². The van der Waals surface area contributed by atoms with Crippen LogP contribution < -0.4 is 5.32 Å². The van der Waals surface area contributed by atoms with Crippen LogP contribution in [0.15, 0.2) is 27.6 Å². The van der Waals surface area contributed by atoms with Gasteiger partial charge in [-0.25, -0.2) is 0 Å². The van der Waals surface area contributed by atoms with E-state index in [9.17, 15) is 0 Å². The molecule has 0 heterocycles. The summed E-state index contributed by atoms with van der Waals surface area (Å²) >= 11 is 5.54. The van der Waals surface area contributed by atoms with Crippen molar-refractivity contribution >= 4 is 27.7 Å². The summed E-state index contributed by atoms with van der Waals surface area (Å²) in [5.74, 6) is 1.10. The van der Waals surface area contributed by atoms with E-state index in [0.29, 0.717) is 0 Å². The lowest BCUT2D eigenvalue weighted by atomic mass is 10.1. The molecular formula is C15H24BrNOS. The zero-order valence-electron chi connectivity index (χ0n) is 12.3. The third-order valence-electron chi connectivity index (χ3n) is 2.60. The maximum Gasteiger partial charge on any atom is 0.0470 e. The molecule has 0 amide bonds. The fourth-order valence-electron chi connectivity index (χ4n) is 1.51. The Hall–Kier alpha value is -0.0300. The minimum Gasteiger partial charge on any atom is -0.385 e. The first-order valence-electron chi connectivity index (χ1n) is 6.57. The highest BCUT2D eigenvalue weighted by molar-refractivity contribution is 9.10. The molecule has 0 bridgehead atoms. The Kier molecular flexibility index (Phi) is 7.44. The van der Waals surface area contributed by atoms with E-state index in [4.69, 9.17) is 4.74 Å². The molecule has 1 N–H and O–H groups in total. The Labute approximate surface area is 129 Å². The van der Waals surface area contributed by atoms with Crippen molar-refractivity contribution in [3.8, 4) is 0 Å². The molecule has 0 atom stereocenters. The normalized spacial score (nSPS) is 11.8. The van der Waals surface area contributed by atoms with Crippen LogP contribution in [0.2, 0.25) is 0 Å². The Balaban J connectivity index is 2.49. The number of hydrogen-bond acceptors (Lipinski definition) is 3. The molecule has 1 rings (SSSR count). The van der Waals surface area contributed by atoms with Gasteiger partial charge in [-0.3, -0.25) is 0 Å². The molecule has 0 saturated carbocycles. The highest BCUT2D eigenvalue weighted by Gasteiger charge is 2.10. The molecule has 4 heteroatoms. The first-order valence-corrected chi connectivity index (χ1v) is 8.35. The van der Waals surface area contributed by atoms with E-state index in [1.807, 2.05) is 11.8 Å². The van der Waals surface area contributed by atoms with Gasteiger partial charge in [-0.1, -0.05) is 22.0 Å². The van der Waals surface area contributed by atoms with Gasteiger partial charge in [0.05, 0.1) is 0 Å². The number of thioether (sulfide) groups is 1. The Morgan fingerprint density at radius 2 is 2.05 bits per heavy atom. The van der Waals surface area contributed by atoms with Crippen LogP contribution in [-0.2, 0) is 11.3 Å². The number of hydrogen-bond donors (Lipinski definition) is 1. The topological polar surface area (TPSA) is 21.3 Å². The van der Waals surface area contributed by atoms with Crippen LogP contribution in [0, 0.1) is 0 Å². The predicted molar refractivity (Wildman–Crippen MR) is 88.0 cm³/mol. The third-order valence-corrected chi connectivity index (χ3v) is 4.41. The van der Waals surface area contributed by atoms with Crippen molar-refractivity contribution in [1.29, 1.82) is 0 Å². The average Bonchev–Trinajstić information content (AvgIpc) is 2.32. The zero-order valence-corrected chi connectivity index (χ0v) is 14.7. The fraction of sp³-hybridized carbons (Fsp3) is 0.600. The fourth-order valence-corrected chi connectivity index (χ4v) is 3.05. The van der Waals surface area contributed by atoms with Gasteiger partial charge in [-0.2, -0.15) is 0 Å². The lowest BCUT2D eigenvalue weighted by molar-refractivity contribution is 0.200. The van der Waals surface area contributed by atoms with E-state index < -0.39 is 0 Å². The van der Waals surface area contributed by atoms with Gasteiger partial charge in [0.25, 0.3) is 0 Å². The number of methoxy groups -OCH3 is 1. The van der Waals surface area contributed by atoms with E-state index in [1.165, 1.54) is 14.9 Å². The molecule has 1 aromatic rings. The SMILES string of the molecule is COCCCSc1ccc(CNC(C)(C)C)c(Br)c1. The third kappa shape index (κ3) is 7.35. The Morgan fingerprint density at radius 1 is 1.32 bits per heavy atom. The van der Waals surface area contributed by atoms with Crippen molar-refractivity contribution < 1.29 is 4.74 Å². The summed E-state index contributed by atoms with van der Waals surface area (Å²) in [6, 6.07) is 6.60. The van der Waals surface area contributed by atoms with Crippen LogP contribution in [0.3, 0.4) is 0 Å². The van der Waals surface area contributed by atoms with Crippen LogP contribution in [0.4, 0.5) is 0 Å². The van der Waals surface area contributed by atoms with Crippen molar-refractivity contribution in [1.82, 2.24) is 5.32 Å². The number of halogens is 1. The first kappa shape index (κ1) is 17.0. The molecule has 0 aliphatic rings. The number of rotatable bonds is 7. The number of benzene rings is 1. The second-order valence-corrected chi connectivity index (χ2v) is 7.57. The molecule has 0 radical (unpaired) electrons. The second kappa shape index (κ2) is 8.30. The Bertz CT molecular complexity index is 390. The van der Waals surface area contributed by atoms with E-state index >= 15 is 0 Å². The van der Waals surface area contributed by atoms with Gasteiger partial charge in [0.2, 0.25) is 0 Å². The molecule has 0 aromatic heterocycles. The van der Waals surface area contributed by atoms with Gasteiger partial charge in [0.1, 0.15) is 0 Å².